The fourth-order valence-electron chi connectivity index (χ4n) is 0.999. The minimum absolute atomic E-state index is 0.0648. The third-order valence-electron chi connectivity index (χ3n) is 1.55. The highest BCUT2D eigenvalue weighted by atomic mass is 19.2. The van der Waals surface area contributed by atoms with Gasteiger partial charge in [-0.1, -0.05) is 18.1 Å². The molecule has 0 saturated heterocycles. The van der Waals surface area contributed by atoms with E-state index in [0.29, 0.717) is 5.57 Å². The lowest BCUT2D eigenvalue weighted by molar-refractivity contribution is 0.507. The highest BCUT2D eigenvalue weighted by molar-refractivity contribution is 6.34. The molecule has 0 N–H and O–H groups in total. The average Bonchev–Trinajstić information content (AvgIpc) is 1.97. The van der Waals surface area contributed by atoms with Crippen molar-refractivity contribution in [1.29, 1.82) is 0 Å². The van der Waals surface area contributed by atoms with Crippen LogP contribution in [-0.4, -0.2) is 7.85 Å². The Balaban J connectivity index is 3.43. The van der Waals surface area contributed by atoms with Crippen molar-refractivity contribution in [3.05, 3.63) is 35.9 Å². The summed E-state index contributed by atoms with van der Waals surface area (Å²) in [4.78, 5) is 0. The highest BCUT2D eigenvalue weighted by Gasteiger charge is 2.10. The Morgan fingerprint density at radius 1 is 1.42 bits per heavy atom. The van der Waals surface area contributed by atoms with Crippen molar-refractivity contribution in [2.75, 3.05) is 0 Å². The van der Waals surface area contributed by atoms with Gasteiger partial charge in [0.25, 0.3) is 0 Å². The molecule has 3 heteroatoms. The molecule has 60 valence electrons. The topological polar surface area (TPSA) is 0 Å². The maximum Gasteiger partial charge on any atom is 0.165 e. The highest BCUT2D eigenvalue weighted by Crippen LogP contribution is 2.15. The van der Waals surface area contributed by atoms with Gasteiger partial charge in [0.15, 0.2) is 11.6 Å². The second kappa shape index (κ2) is 3.09. The van der Waals surface area contributed by atoms with Gasteiger partial charge in [0, 0.05) is 5.56 Å². The van der Waals surface area contributed by atoms with Crippen molar-refractivity contribution >= 4 is 18.9 Å². The maximum absolute atomic E-state index is 13.0. The molecule has 0 fully saturated rings. The first-order valence-corrected chi connectivity index (χ1v) is 3.43. The first-order chi connectivity index (χ1) is 5.54. The maximum atomic E-state index is 13.0. The van der Waals surface area contributed by atoms with E-state index in [-0.39, 0.29) is 11.0 Å². The monoisotopic (exact) mass is 164 g/mol. The molecular formula is C9H7BF2. The molecule has 12 heavy (non-hydrogen) atoms. The summed E-state index contributed by atoms with van der Waals surface area (Å²) >= 11 is 0. The van der Waals surface area contributed by atoms with Crippen molar-refractivity contribution in [3.63, 3.8) is 0 Å². The van der Waals surface area contributed by atoms with Crippen LogP contribution < -0.4 is 5.46 Å². The minimum atomic E-state index is -0.928. The van der Waals surface area contributed by atoms with Crippen molar-refractivity contribution < 1.29 is 8.78 Å². The molecule has 0 aliphatic carbocycles. The van der Waals surface area contributed by atoms with E-state index in [1.165, 1.54) is 6.07 Å². The summed E-state index contributed by atoms with van der Waals surface area (Å²) in [6.45, 7) is 5.08. The second-order valence-corrected chi connectivity index (χ2v) is 2.61. The largest absolute Gasteiger partial charge is 0.204 e. The van der Waals surface area contributed by atoms with Crippen LogP contribution >= 0.6 is 0 Å². The Morgan fingerprint density at radius 2 is 2.00 bits per heavy atom. The Hall–Kier alpha value is -1.12. The number of hydrogen-bond donors (Lipinski definition) is 0. The van der Waals surface area contributed by atoms with E-state index < -0.39 is 11.6 Å². The fraction of sp³-hybridized carbons (Fsp3) is 0.111. The van der Waals surface area contributed by atoms with Gasteiger partial charge in [-0.2, -0.15) is 0 Å². The molecule has 1 rings (SSSR count). The normalized spacial score (nSPS) is 9.92. The summed E-state index contributed by atoms with van der Waals surface area (Å²) in [5, 5.41) is 0. The molecule has 0 saturated carbocycles. The van der Waals surface area contributed by atoms with Crippen LogP contribution in [-0.2, 0) is 0 Å². The van der Waals surface area contributed by atoms with Crippen molar-refractivity contribution in [1.82, 2.24) is 0 Å². The molecule has 0 amide bonds. The first kappa shape index (κ1) is 8.98. The van der Waals surface area contributed by atoms with Gasteiger partial charge in [-0.15, -0.1) is 0 Å². The van der Waals surface area contributed by atoms with Crippen molar-refractivity contribution in [3.8, 4) is 0 Å². The van der Waals surface area contributed by atoms with Crippen molar-refractivity contribution in [2.24, 2.45) is 0 Å². The van der Waals surface area contributed by atoms with Crippen LogP contribution in [0.2, 0.25) is 0 Å². The SMILES string of the molecule is [B]c1ccc(F)c(F)c1C(=C)C. The number of benzene rings is 1. The first-order valence-electron chi connectivity index (χ1n) is 3.43. The summed E-state index contributed by atoms with van der Waals surface area (Å²) in [6.07, 6.45) is 0. The van der Waals surface area contributed by atoms with Crippen LogP contribution in [0.25, 0.3) is 5.57 Å². The van der Waals surface area contributed by atoms with E-state index in [1.54, 1.807) is 6.92 Å². The van der Waals surface area contributed by atoms with Gasteiger partial charge in [0.1, 0.15) is 7.85 Å². The summed E-state index contributed by atoms with van der Waals surface area (Å²) in [5.74, 6) is -1.83. The Morgan fingerprint density at radius 3 is 2.42 bits per heavy atom. The zero-order valence-electron chi connectivity index (χ0n) is 6.70. The lowest BCUT2D eigenvalue weighted by Gasteiger charge is -2.06. The molecular weight excluding hydrogens is 157 g/mol. The van der Waals surface area contributed by atoms with Gasteiger partial charge in [-0.05, 0) is 18.6 Å². The Kier molecular flexibility index (Phi) is 2.31. The standard InChI is InChI=1S/C9H7BF2/c1-5(2)8-6(10)3-4-7(11)9(8)12/h3-4H,1H2,2H3. The van der Waals surface area contributed by atoms with Gasteiger partial charge in [0.2, 0.25) is 0 Å². The summed E-state index contributed by atoms with van der Waals surface area (Å²) < 4.78 is 25.6. The quantitative estimate of drug-likeness (QED) is 0.555. The number of halogens is 2. The Labute approximate surface area is 71.3 Å². The molecule has 0 aliphatic rings. The molecule has 0 nitrogen and oxygen atoms in total. The Bertz CT molecular complexity index is 332. The molecule has 0 bridgehead atoms. The smallest absolute Gasteiger partial charge is 0.165 e. The van der Waals surface area contributed by atoms with E-state index in [1.807, 2.05) is 0 Å². The summed E-state index contributed by atoms with van der Waals surface area (Å²) in [7, 11) is 5.42. The number of allylic oxidation sites excluding steroid dienone is 1. The molecule has 1 aromatic rings. The van der Waals surface area contributed by atoms with Gasteiger partial charge in [-0.25, -0.2) is 8.78 Å². The average molecular weight is 164 g/mol. The van der Waals surface area contributed by atoms with Crippen molar-refractivity contribution in [2.45, 2.75) is 6.92 Å². The van der Waals surface area contributed by atoms with Gasteiger partial charge in [-0.3, -0.25) is 0 Å². The molecule has 0 aliphatic heterocycles. The molecule has 0 unspecified atom stereocenters. The zero-order chi connectivity index (χ0) is 9.30. The van der Waals surface area contributed by atoms with E-state index >= 15 is 0 Å². The van der Waals surface area contributed by atoms with Crippen LogP contribution in [0.1, 0.15) is 12.5 Å². The van der Waals surface area contributed by atoms with Crippen LogP contribution in [0.3, 0.4) is 0 Å². The molecule has 0 atom stereocenters. The number of rotatable bonds is 1. The predicted octanol–water partition coefficient (Wildman–Crippen LogP) is 1.79. The fourth-order valence-corrected chi connectivity index (χ4v) is 0.999. The molecule has 0 heterocycles. The van der Waals surface area contributed by atoms with Crippen LogP contribution in [0.15, 0.2) is 18.7 Å². The lowest BCUT2D eigenvalue weighted by Crippen LogP contribution is -2.12. The lowest BCUT2D eigenvalue weighted by atomic mass is 9.87. The third-order valence-corrected chi connectivity index (χ3v) is 1.55. The van der Waals surface area contributed by atoms with E-state index in [9.17, 15) is 8.78 Å². The predicted molar refractivity (Wildman–Crippen MR) is 46.5 cm³/mol. The van der Waals surface area contributed by atoms with Gasteiger partial charge < -0.3 is 0 Å². The summed E-state index contributed by atoms with van der Waals surface area (Å²) in [6, 6.07) is 2.32. The van der Waals surface area contributed by atoms with Gasteiger partial charge >= 0.3 is 0 Å². The molecule has 2 radical (unpaired) electrons. The van der Waals surface area contributed by atoms with Crippen LogP contribution in [0, 0.1) is 11.6 Å². The van der Waals surface area contributed by atoms with Gasteiger partial charge in [0.05, 0.1) is 0 Å². The minimum Gasteiger partial charge on any atom is -0.204 e. The van der Waals surface area contributed by atoms with Crippen LogP contribution in [0.4, 0.5) is 8.78 Å². The summed E-state index contributed by atoms with van der Waals surface area (Å²) in [5.41, 5.74) is 0.695. The third kappa shape index (κ3) is 1.40. The van der Waals surface area contributed by atoms with E-state index in [4.69, 9.17) is 7.85 Å². The van der Waals surface area contributed by atoms with E-state index in [0.717, 1.165) is 6.07 Å². The molecule has 0 spiro atoms. The molecule has 1 aromatic carbocycles. The van der Waals surface area contributed by atoms with Crippen LogP contribution in [0.5, 0.6) is 0 Å². The van der Waals surface area contributed by atoms with E-state index in [2.05, 4.69) is 6.58 Å². The zero-order valence-corrected chi connectivity index (χ0v) is 6.70. The second-order valence-electron chi connectivity index (χ2n) is 2.61. The number of hydrogen-bond acceptors (Lipinski definition) is 0. The molecule has 0 aromatic heterocycles.